The van der Waals surface area contributed by atoms with Crippen LogP contribution in [0.5, 0.6) is 0 Å². The van der Waals surface area contributed by atoms with Gasteiger partial charge in [0.1, 0.15) is 5.82 Å². The minimum Gasteiger partial charge on any atom is -0.349 e. The maximum absolute atomic E-state index is 4.48. The Morgan fingerprint density at radius 3 is 2.96 bits per heavy atom. The SMILES string of the molecule is CN=C(NCc1nccn1CC(C)C)N1CCC(c2cnn(C)c2)C1. The number of aliphatic imine (C=N–C) groups is 1. The molecule has 1 saturated heterocycles. The van der Waals surface area contributed by atoms with E-state index in [-0.39, 0.29) is 0 Å². The van der Waals surface area contributed by atoms with Crippen molar-refractivity contribution in [3.63, 3.8) is 0 Å². The molecule has 1 fully saturated rings. The van der Waals surface area contributed by atoms with E-state index in [1.807, 2.05) is 37.4 Å². The van der Waals surface area contributed by atoms with Crippen LogP contribution in [0.2, 0.25) is 0 Å². The molecule has 1 atom stereocenters. The second-order valence-corrected chi connectivity index (χ2v) is 7.17. The van der Waals surface area contributed by atoms with Gasteiger partial charge in [-0.1, -0.05) is 13.8 Å². The topological polar surface area (TPSA) is 63.3 Å². The maximum Gasteiger partial charge on any atom is 0.194 e. The molecule has 1 aliphatic heterocycles. The molecule has 2 aromatic heterocycles. The molecular formula is C18H29N7. The summed E-state index contributed by atoms with van der Waals surface area (Å²) in [5, 5.41) is 7.77. The zero-order chi connectivity index (χ0) is 17.8. The molecule has 1 N–H and O–H groups in total. The second kappa shape index (κ2) is 7.72. The lowest BCUT2D eigenvalue weighted by Gasteiger charge is -2.22. The molecule has 2 aromatic rings. The van der Waals surface area contributed by atoms with E-state index in [2.05, 4.69) is 49.9 Å². The largest absolute Gasteiger partial charge is 0.349 e. The highest BCUT2D eigenvalue weighted by atomic mass is 15.3. The van der Waals surface area contributed by atoms with E-state index < -0.39 is 0 Å². The summed E-state index contributed by atoms with van der Waals surface area (Å²) in [5.41, 5.74) is 1.31. The molecule has 0 aliphatic carbocycles. The van der Waals surface area contributed by atoms with Gasteiger partial charge in [-0.05, 0) is 17.9 Å². The average molecular weight is 343 g/mol. The van der Waals surface area contributed by atoms with Crippen LogP contribution in [-0.2, 0) is 20.1 Å². The fraction of sp³-hybridized carbons (Fsp3) is 0.611. The minimum atomic E-state index is 0.523. The monoisotopic (exact) mass is 343 g/mol. The van der Waals surface area contributed by atoms with Crippen LogP contribution in [0, 0.1) is 5.92 Å². The number of rotatable bonds is 5. The van der Waals surface area contributed by atoms with Crippen LogP contribution in [0.15, 0.2) is 29.8 Å². The van der Waals surface area contributed by atoms with E-state index in [1.54, 1.807) is 0 Å². The third kappa shape index (κ3) is 4.21. The van der Waals surface area contributed by atoms with E-state index in [1.165, 1.54) is 5.56 Å². The van der Waals surface area contributed by atoms with Crippen LogP contribution in [0.1, 0.15) is 37.6 Å². The Morgan fingerprint density at radius 2 is 2.28 bits per heavy atom. The van der Waals surface area contributed by atoms with Crippen molar-refractivity contribution < 1.29 is 0 Å². The van der Waals surface area contributed by atoms with Gasteiger partial charge in [-0.2, -0.15) is 5.10 Å². The molecule has 0 aromatic carbocycles. The number of hydrogen-bond donors (Lipinski definition) is 1. The summed E-state index contributed by atoms with van der Waals surface area (Å²) in [6.45, 7) is 8.12. The van der Waals surface area contributed by atoms with Crippen LogP contribution in [0.3, 0.4) is 0 Å². The number of likely N-dealkylation sites (tertiary alicyclic amines) is 1. The van der Waals surface area contributed by atoms with Gasteiger partial charge in [-0.25, -0.2) is 4.98 Å². The molecule has 3 heterocycles. The molecule has 0 amide bonds. The zero-order valence-electron chi connectivity index (χ0n) is 15.7. The van der Waals surface area contributed by atoms with Gasteiger partial charge in [0.05, 0.1) is 12.7 Å². The van der Waals surface area contributed by atoms with Crippen LogP contribution in [0.4, 0.5) is 0 Å². The standard InChI is InChI=1S/C18H29N7/c1-14(2)11-24-8-6-20-17(24)10-21-18(19-3)25-7-5-15(13-25)16-9-22-23(4)12-16/h6,8-9,12,14-15H,5,7,10-11,13H2,1-4H3,(H,19,21). The molecule has 7 heteroatoms. The lowest BCUT2D eigenvalue weighted by atomic mass is 10.0. The van der Waals surface area contributed by atoms with Crippen molar-refractivity contribution in [3.05, 3.63) is 36.2 Å². The number of aromatic nitrogens is 4. The first-order valence-electron chi connectivity index (χ1n) is 9.01. The van der Waals surface area contributed by atoms with E-state index in [0.29, 0.717) is 18.4 Å². The van der Waals surface area contributed by atoms with Crippen LogP contribution >= 0.6 is 0 Å². The van der Waals surface area contributed by atoms with Gasteiger partial charge in [0.15, 0.2) is 5.96 Å². The normalized spacial score (nSPS) is 18.4. The first-order chi connectivity index (χ1) is 12.1. The Kier molecular flexibility index (Phi) is 5.40. The molecule has 136 valence electrons. The van der Waals surface area contributed by atoms with Crippen molar-refractivity contribution in [2.24, 2.45) is 18.0 Å². The molecule has 0 bridgehead atoms. The van der Waals surface area contributed by atoms with Gasteiger partial charge < -0.3 is 14.8 Å². The number of nitrogens with one attached hydrogen (secondary N) is 1. The summed E-state index contributed by atoms with van der Waals surface area (Å²) in [6, 6.07) is 0. The molecule has 3 rings (SSSR count). The Labute approximate surface area is 149 Å². The van der Waals surface area contributed by atoms with Crippen molar-refractivity contribution in [2.75, 3.05) is 20.1 Å². The summed E-state index contributed by atoms with van der Waals surface area (Å²) in [7, 11) is 3.82. The van der Waals surface area contributed by atoms with Crippen LogP contribution < -0.4 is 5.32 Å². The van der Waals surface area contributed by atoms with Crippen molar-refractivity contribution in [1.82, 2.24) is 29.5 Å². The van der Waals surface area contributed by atoms with Crippen molar-refractivity contribution in [1.29, 1.82) is 0 Å². The van der Waals surface area contributed by atoms with Gasteiger partial charge in [0.25, 0.3) is 0 Å². The number of aryl methyl sites for hydroxylation is 1. The summed E-state index contributed by atoms with van der Waals surface area (Å²) < 4.78 is 4.09. The first-order valence-corrected chi connectivity index (χ1v) is 9.01. The molecule has 25 heavy (non-hydrogen) atoms. The van der Waals surface area contributed by atoms with E-state index in [4.69, 9.17) is 0 Å². The minimum absolute atomic E-state index is 0.523. The molecule has 0 spiro atoms. The van der Waals surface area contributed by atoms with Crippen LogP contribution in [0.25, 0.3) is 0 Å². The highest BCUT2D eigenvalue weighted by Gasteiger charge is 2.27. The zero-order valence-corrected chi connectivity index (χ0v) is 15.7. The third-order valence-electron chi connectivity index (χ3n) is 4.66. The molecule has 1 aliphatic rings. The Balaban J connectivity index is 1.58. The average Bonchev–Trinajstić information content (AvgIpc) is 3.29. The first kappa shape index (κ1) is 17.5. The number of imidazole rings is 1. The number of nitrogens with zero attached hydrogens (tertiary/aromatic N) is 6. The van der Waals surface area contributed by atoms with E-state index >= 15 is 0 Å². The second-order valence-electron chi connectivity index (χ2n) is 7.17. The molecule has 7 nitrogen and oxygen atoms in total. The summed E-state index contributed by atoms with van der Waals surface area (Å²) in [6.07, 6.45) is 9.15. The van der Waals surface area contributed by atoms with E-state index in [9.17, 15) is 0 Å². The lowest BCUT2D eigenvalue weighted by Crippen LogP contribution is -2.40. The van der Waals surface area contributed by atoms with Gasteiger partial charge in [-0.15, -0.1) is 0 Å². The Bertz CT molecular complexity index is 713. The Morgan fingerprint density at radius 1 is 1.44 bits per heavy atom. The fourth-order valence-corrected chi connectivity index (χ4v) is 3.43. The third-order valence-corrected chi connectivity index (χ3v) is 4.66. The predicted molar refractivity (Wildman–Crippen MR) is 99.4 cm³/mol. The van der Waals surface area contributed by atoms with E-state index in [0.717, 1.165) is 37.8 Å². The van der Waals surface area contributed by atoms with Gasteiger partial charge in [0.2, 0.25) is 0 Å². The van der Waals surface area contributed by atoms with Crippen LogP contribution in [-0.4, -0.2) is 50.3 Å². The predicted octanol–water partition coefficient (Wildman–Crippen LogP) is 1.84. The summed E-state index contributed by atoms with van der Waals surface area (Å²) in [5.74, 6) is 3.13. The van der Waals surface area contributed by atoms with Crippen molar-refractivity contribution in [3.8, 4) is 0 Å². The molecule has 0 radical (unpaired) electrons. The highest BCUT2D eigenvalue weighted by molar-refractivity contribution is 5.80. The van der Waals surface area contributed by atoms with Gasteiger partial charge in [-0.3, -0.25) is 9.67 Å². The highest BCUT2D eigenvalue weighted by Crippen LogP contribution is 2.26. The van der Waals surface area contributed by atoms with Gasteiger partial charge in [0, 0.05) is 58.2 Å². The fourth-order valence-electron chi connectivity index (χ4n) is 3.43. The lowest BCUT2D eigenvalue weighted by molar-refractivity contribution is 0.475. The maximum atomic E-state index is 4.48. The summed E-state index contributed by atoms with van der Waals surface area (Å²) in [4.78, 5) is 11.3. The smallest absolute Gasteiger partial charge is 0.194 e. The van der Waals surface area contributed by atoms with Crippen molar-refractivity contribution >= 4 is 5.96 Å². The van der Waals surface area contributed by atoms with Gasteiger partial charge >= 0.3 is 0 Å². The summed E-state index contributed by atoms with van der Waals surface area (Å²) >= 11 is 0. The quantitative estimate of drug-likeness (QED) is 0.665. The Hall–Kier alpha value is -2.31. The number of guanidine groups is 1. The molecular weight excluding hydrogens is 314 g/mol. The number of hydrogen-bond acceptors (Lipinski definition) is 3. The van der Waals surface area contributed by atoms with Crippen molar-refractivity contribution in [2.45, 2.75) is 39.3 Å². The molecule has 1 unspecified atom stereocenters. The molecule has 0 saturated carbocycles.